The van der Waals surface area contributed by atoms with Gasteiger partial charge in [0.25, 0.3) is 0 Å². The summed E-state index contributed by atoms with van der Waals surface area (Å²) in [6.07, 6.45) is 1.40. The van der Waals surface area contributed by atoms with Crippen LogP contribution in [0.15, 0.2) is 4.99 Å². The normalized spacial score (nSPS) is 24.7. The van der Waals surface area contributed by atoms with Gasteiger partial charge in [0.2, 0.25) is 17.7 Å². The third-order valence-electron chi connectivity index (χ3n) is 9.53. The number of nitrogens with two attached hydrogens (primary N) is 1. The number of aliphatic hydroxyl groups is 1. The molecule has 3 aliphatic rings. The minimum Gasteiger partial charge on any atom is -0.387 e. The molecule has 7 atom stereocenters. The first-order chi connectivity index (χ1) is 26.5. The van der Waals surface area contributed by atoms with E-state index in [2.05, 4.69) is 39.7 Å². The molecule has 21 heteroatoms. The molecule has 3 rings (SSSR count). The average Bonchev–Trinajstić information content (AvgIpc) is 3.48. The number of rotatable bonds is 27. The topological polar surface area (TPSA) is 262 Å². The lowest BCUT2D eigenvalue weighted by Crippen LogP contribution is -2.53. The lowest BCUT2D eigenvalue weighted by Gasteiger charge is -2.38. The maximum atomic E-state index is 12.4. The van der Waals surface area contributed by atoms with Gasteiger partial charge in [0.1, 0.15) is 11.9 Å². The van der Waals surface area contributed by atoms with Gasteiger partial charge in [-0.05, 0) is 39.5 Å². The highest BCUT2D eigenvalue weighted by molar-refractivity contribution is 7.32. The molecule has 0 aromatic heterocycles. The molecule has 3 aliphatic heterocycles. The second kappa shape index (κ2) is 26.1. The number of amidine groups is 1. The zero-order chi connectivity index (χ0) is 40.0. The third-order valence-corrected chi connectivity index (χ3v) is 9.98. The van der Waals surface area contributed by atoms with Crippen LogP contribution in [-0.2, 0) is 47.2 Å². The molecule has 0 aliphatic carbocycles. The Morgan fingerprint density at radius 3 is 2.11 bits per heavy atom. The fourth-order valence-electron chi connectivity index (χ4n) is 6.45. The van der Waals surface area contributed by atoms with Crippen molar-refractivity contribution in [1.29, 1.82) is 0 Å². The fraction of sp³-hybridized carbons (Fsp3) is 0.853. The molecule has 3 heterocycles. The van der Waals surface area contributed by atoms with Crippen LogP contribution in [-0.4, -0.2) is 172 Å². The van der Waals surface area contributed by atoms with Crippen molar-refractivity contribution in [3.05, 3.63) is 0 Å². The number of hydrogen-bond acceptors (Lipinski definition) is 14. The number of nitrogens with one attached hydrogen (secondary N) is 3. The van der Waals surface area contributed by atoms with E-state index in [1.165, 1.54) is 11.3 Å². The number of likely N-dealkylation sites (tertiary alicyclic amines) is 1. The fourth-order valence-corrected chi connectivity index (χ4v) is 6.87. The molecule has 5 amide bonds. The largest absolute Gasteiger partial charge is 0.695 e. The summed E-state index contributed by atoms with van der Waals surface area (Å²) < 4.78 is 43.0. The van der Waals surface area contributed by atoms with Crippen molar-refractivity contribution in [2.24, 2.45) is 16.6 Å². The lowest BCUT2D eigenvalue weighted by molar-refractivity contribution is -0.124. The van der Waals surface area contributed by atoms with Gasteiger partial charge < -0.3 is 50.5 Å². The lowest BCUT2D eigenvalue weighted by atomic mass is 9.97. The first kappa shape index (κ1) is 46.5. The molecule has 55 heavy (non-hydrogen) atoms. The molecule has 2 fully saturated rings. The maximum Gasteiger partial charge on any atom is 0.695 e. The number of hydrogen-bond donors (Lipinski definition) is 6. The predicted molar refractivity (Wildman–Crippen MR) is 198 cm³/mol. The number of aliphatic hydroxyl groups excluding tert-OH is 1. The number of amides is 5. The number of carbonyl (C=O) groups excluding carboxylic acids is 4. The van der Waals surface area contributed by atoms with Crippen molar-refractivity contribution in [2.75, 3.05) is 92.2 Å². The summed E-state index contributed by atoms with van der Waals surface area (Å²) in [5, 5.41) is 18.8. The molecule has 0 radical (unpaired) electrons. The smallest absolute Gasteiger partial charge is 0.387 e. The summed E-state index contributed by atoms with van der Waals surface area (Å²) >= 11 is 0. The van der Waals surface area contributed by atoms with E-state index in [4.69, 9.17) is 38.8 Å². The number of carbonyl (C=O) groups is 4. The highest BCUT2D eigenvalue weighted by atomic mass is 31.1. The van der Waals surface area contributed by atoms with E-state index in [1.54, 1.807) is 0 Å². The van der Waals surface area contributed by atoms with Gasteiger partial charge in [-0.3, -0.25) is 24.2 Å². The molecular weight excluding hydrogens is 745 g/mol. The first-order valence-electron chi connectivity index (χ1n) is 19.1. The molecular formula is C34H61N7O13P+. The predicted octanol–water partition coefficient (Wildman–Crippen LogP) is -0.614. The number of urea groups is 1. The Kier molecular flexibility index (Phi) is 22.0. The van der Waals surface area contributed by atoms with Gasteiger partial charge in [-0.1, -0.05) is 6.42 Å². The van der Waals surface area contributed by atoms with Gasteiger partial charge in [-0.25, -0.2) is 4.79 Å². The van der Waals surface area contributed by atoms with Crippen molar-refractivity contribution in [3.63, 3.8) is 0 Å². The van der Waals surface area contributed by atoms with Gasteiger partial charge in [-0.15, -0.1) is 9.42 Å². The van der Waals surface area contributed by atoms with Crippen molar-refractivity contribution >= 4 is 37.8 Å². The van der Waals surface area contributed by atoms with Crippen LogP contribution in [0.3, 0.4) is 0 Å². The van der Waals surface area contributed by atoms with Crippen molar-refractivity contribution in [2.45, 2.75) is 89.3 Å². The molecule has 0 bridgehead atoms. The molecule has 7 N–H and O–H groups in total. The van der Waals surface area contributed by atoms with Crippen LogP contribution >= 0.6 is 8.25 Å². The van der Waals surface area contributed by atoms with Gasteiger partial charge in [-0.2, -0.15) is 4.99 Å². The Morgan fingerprint density at radius 2 is 1.45 bits per heavy atom. The Morgan fingerprint density at radius 1 is 0.873 bits per heavy atom. The van der Waals surface area contributed by atoms with Gasteiger partial charge in [0, 0.05) is 61.6 Å². The molecule has 314 valence electrons. The van der Waals surface area contributed by atoms with Crippen LogP contribution in [0.25, 0.3) is 0 Å². The van der Waals surface area contributed by atoms with E-state index < -0.39 is 32.7 Å². The minimum absolute atomic E-state index is 0.0530. The molecule has 2 saturated heterocycles. The first-order valence-corrected chi connectivity index (χ1v) is 20.2. The van der Waals surface area contributed by atoms with Crippen LogP contribution in [0.2, 0.25) is 0 Å². The number of ether oxygens (including phenoxy) is 5. The van der Waals surface area contributed by atoms with Crippen molar-refractivity contribution in [1.82, 2.24) is 25.8 Å². The molecule has 0 aromatic rings. The van der Waals surface area contributed by atoms with E-state index >= 15 is 0 Å². The Balaban J connectivity index is 1.06. The average molecular weight is 807 g/mol. The summed E-state index contributed by atoms with van der Waals surface area (Å²) in [7, 11) is -2.95. The zero-order valence-electron chi connectivity index (χ0n) is 32.1. The summed E-state index contributed by atoms with van der Waals surface area (Å²) in [4.78, 5) is 65.1. The summed E-state index contributed by atoms with van der Waals surface area (Å²) in [5.74, 6) is -0.542. The summed E-state index contributed by atoms with van der Waals surface area (Å²) in [6.45, 7) is 8.48. The zero-order valence-corrected chi connectivity index (χ0v) is 33.0. The molecule has 5 unspecified atom stereocenters. The second-order valence-electron chi connectivity index (χ2n) is 13.7. The number of nitrogens with zero attached hydrogens (tertiary/aromatic N) is 3. The third kappa shape index (κ3) is 17.8. The van der Waals surface area contributed by atoms with Crippen LogP contribution in [0, 0.1) is 5.92 Å². The number of piperidine rings is 1. The highest BCUT2D eigenvalue weighted by Gasteiger charge is 2.47. The Labute approximate surface area is 323 Å². The van der Waals surface area contributed by atoms with Gasteiger partial charge in [0.05, 0.1) is 66.0 Å². The van der Waals surface area contributed by atoms with Crippen LogP contribution in [0.4, 0.5) is 4.79 Å². The van der Waals surface area contributed by atoms with Crippen LogP contribution < -0.4 is 21.7 Å². The van der Waals surface area contributed by atoms with Crippen LogP contribution in [0.1, 0.15) is 58.8 Å². The number of aliphatic imine (C=N–C) groups is 1. The van der Waals surface area contributed by atoms with Crippen molar-refractivity contribution < 1.29 is 62.0 Å². The van der Waals surface area contributed by atoms with E-state index in [0.29, 0.717) is 97.4 Å². The molecule has 0 aromatic carbocycles. The molecule has 20 nitrogen and oxygen atoms in total. The molecule has 0 spiro atoms. The van der Waals surface area contributed by atoms with E-state index in [0.717, 1.165) is 12.8 Å². The Hall–Kier alpha value is -2.91. The molecule has 0 saturated carbocycles. The van der Waals surface area contributed by atoms with E-state index in [9.17, 15) is 28.8 Å². The highest BCUT2D eigenvalue weighted by Crippen LogP contribution is 2.30. The standard InChI is InChI=1S/C34H60N7O13P/c1-24-5-3-6-25(2)40(24)22-30(44)37-11-8-28(42)38-12-14-50-16-18-52-20-19-51-17-15-49-13-9-29(43)36-10-4-7-26-21-41(34(46)39-32(26)35)33-31(45)27(23-53-33)54-55(47)48/h24-27,31,33,45H,3-23H2,1-2H3,(H5-,35,36,37,38,39,42,43,44,46,47,48)/p+1/t24?,25?,26?,27?,31-,33+/m0/s1. The summed E-state index contributed by atoms with van der Waals surface area (Å²) in [6, 6.07) is 0.110. The summed E-state index contributed by atoms with van der Waals surface area (Å²) in [5.41, 5.74) is 5.97. The van der Waals surface area contributed by atoms with Gasteiger partial charge >= 0.3 is 14.3 Å². The van der Waals surface area contributed by atoms with E-state index in [1.807, 2.05) is 0 Å². The van der Waals surface area contributed by atoms with Gasteiger partial charge in [0.15, 0.2) is 12.3 Å². The Bertz CT molecular complexity index is 1240. The quantitative estimate of drug-likeness (QED) is 0.0447. The minimum atomic E-state index is -2.95. The monoisotopic (exact) mass is 806 g/mol. The van der Waals surface area contributed by atoms with E-state index in [-0.39, 0.29) is 62.1 Å². The SMILES string of the molecule is CC1CCCC(C)N1CC(=O)NCCC(=O)NCCOCCOCCOCCOCCC(=O)NCCCC1CN([C@@H]2OCC(O[P+](=O)O)[C@@H]2O)C(=O)N=C1N. The second-order valence-corrected chi connectivity index (χ2v) is 14.4. The van der Waals surface area contributed by atoms with Crippen molar-refractivity contribution in [3.8, 4) is 0 Å². The van der Waals surface area contributed by atoms with Crippen LogP contribution in [0.5, 0.6) is 0 Å². The maximum absolute atomic E-state index is 12.4.